The Bertz CT molecular complexity index is 1610. The lowest BCUT2D eigenvalue weighted by molar-refractivity contribution is -0.193. The number of ether oxygens (including phenoxy) is 4. The van der Waals surface area contributed by atoms with Crippen molar-refractivity contribution >= 4 is 0 Å². The summed E-state index contributed by atoms with van der Waals surface area (Å²) in [6.07, 6.45) is -0.583. The molecule has 0 aliphatic rings. The number of aliphatic hydroxyl groups is 1. The molecule has 50 heavy (non-hydrogen) atoms. The predicted molar refractivity (Wildman–Crippen MR) is 199 cm³/mol. The highest BCUT2D eigenvalue weighted by molar-refractivity contribution is 5.17. The van der Waals surface area contributed by atoms with Crippen LogP contribution in [0.1, 0.15) is 34.2 Å². The maximum Gasteiger partial charge on any atom is 0.115 e. The molecule has 260 valence electrons. The molecule has 0 radical (unpaired) electrons. The fourth-order valence-corrected chi connectivity index (χ4v) is 5.87. The maximum atomic E-state index is 12.0. The van der Waals surface area contributed by atoms with E-state index < -0.39 is 24.4 Å². The van der Waals surface area contributed by atoms with E-state index in [0.29, 0.717) is 32.8 Å². The Balaban J connectivity index is 1.48. The first-order chi connectivity index (χ1) is 24.7. The first-order valence-corrected chi connectivity index (χ1v) is 17.3. The molecular formula is C44H49NO5. The topological polar surface area (TPSA) is 69.2 Å². The summed E-state index contributed by atoms with van der Waals surface area (Å²) in [5.74, 6) is 0. The van der Waals surface area contributed by atoms with Gasteiger partial charge >= 0.3 is 0 Å². The second-order valence-corrected chi connectivity index (χ2v) is 12.3. The minimum Gasteiger partial charge on any atom is -0.388 e. The molecule has 5 aromatic carbocycles. The lowest BCUT2D eigenvalue weighted by Gasteiger charge is -2.39. The van der Waals surface area contributed by atoms with E-state index in [1.807, 2.05) is 146 Å². The molecule has 6 nitrogen and oxygen atoms in total. The minimum atomic E-state index is -1.02. The molecule has 5 aromatic rings. The lowest BCUT2D eigenvalue weighted by atomic mass is 9.94. The van der Waals surface area contributed by atoms with Crippen LogP contribution in [0.25, 0.3) is 0 Å². The summed E-state index contributed by atoms with van der Waals surface area (Å²) in [5.41, 5.74) is 5.21. The molecule has 0 spiro atoms. The van der Waals surface area contributed by atoms with E-state index in [2.05, 4.69) is 24.0 Å². The predicted octanol–water partition coefficient (Wildman–Crippen LogP) is 8.05. The van der Waals surface area contributed by atoms with Crippen LogP contribution in [0.15, 0.2) is 164 Å². The van der Waals surface area contributed by atoms with E-state index in [1.54, 1.807) is 0 Å². The average molecular weight is 672 g/mol. The first-order valence-electron chi connectivity index (χ1n) is 17.3. The Morgan fingerprint density at radius 3 is 1.32 bits per heavy atom. The Kier molecular flexibility index (Phi) is 15.5. The van der Waals surface area contributed by atoms with Crippen LogP contribution in [0.5, 0.6) is 0 Å². The Morgan fingerprint density at radius 2 is 0.880 bits per heavy atom. The van der Waals surface area contributed by atoms with Gasteiger partial charge in [0.05, 0.1) is 33.0 Å². The number of aliphatic hydroxyl groups excluding tert-OH is 1. The molecule has 0 amide bonds. The Labute approximate surface area is 297 Å². The summed E-state index contributed by atoms with van der Waals surface area (Å²) in [6, 6.07) is 50.1. The fourth-order valence-electron chi connectivity index (χ4n) is 5.87. The smallest absolute Gasteiger partial charge is 0.115 e. The van der Waals surface area contributed by atoms with Gasteiger partial charge in [-0.1, -0.05) is 158 Å². The molecule has 6 heteroatoms. The van der Waals surface area contributed by atoms with Gasteiger partial charge in [0.15, 0.2) is 0 Å². The molecular weight excluding hydrogens is 622 g/mol. The molecule has 0 bridgehead atoms. The van der Waals surface area contributed by atoms with Crippen LogP contribution in [0.2, 0.25) is 0 Å². The standard InChI is InChI=1S/C44H49NO5/c1-2-18-40(45-29-35-19-8-3-9-20-35)42(48-31-37-23-12-5-13-24-37)44(50-33-39-27-16-7-17-28-39)43(49-32-38-25-14-6-15-26-38)41(46)34-47-30-36-21-10-4-11-22-36/h2-17,19-28,40-46H,1,18,29-34H2/t40?,41-,42+,43-,44-/m1/s1. The molecule has 0 aromatic heterocycles. The summed E-state index contributed by atoms with van der Waals surface area (Å²) in [4.78, 5) is 0. The van der Waals surface area contributed by atoms with Crippen molar-refractivity contribution in [1.82, 2.24) is 5.32 Å². The maximum absolute atomic E-state index is 12.0. The van der Waals surface area contributed by atoms with E-state index in [-0.39, 0.29) is 19.3 Å². The van der Waals surface area contributed by atoms with E-state index in [9.17, 15) is 5.11 Å². The molecule has 5 rings (SSSR count). The number of nitrogens with one attached hydrogen (secondary N) is 1. The average Bonchev–Trinajstić information content (AvgIpc) is 3.17. The molecule has 0 aliphatic heterocycles. The highest BCUT2D eigenvalue weighted by Gasteiger charge is 2.40. The van der Waals surface area contributed by atoms with Crippen LogP contribution in [0.4, 0.5) is 0 Å². The quantitative estimate of drug-likeness (QED) is 0.0726. The lowest BCUT2D eigenvalue weighted by Crippen LogP contribution is -2.56. The third kappa shape index (κ3) is 12.2. The molecule has 1 unspecified atom stereocenters. The van der Waals surface area contributed by atoms with Crippen molar-refractivity contribution in [2.24, 2.45) is 0 Å². The van der Waals surface area contributed by atoms with Crippen molar-refractivity contribution in [1.29, 1.82) is 0 Å². The van der Waals surface area contributed by atoms with Crippen LogP contribution in [-0.2, 0) is 51.9 Å². The normalized spacial score (nSPS) is 14.3. The zero-order valence-corrected chi connectivity index (χ0v) is 28.6. The van der Waals surface area contributed by atoms with Crippen LogP contribution in [0, 0.1) is 0 Å². The van der Waals surface area contributed by atoms with Gasteiger partial charge in [-0.25, -0.2) is 0 Å². The Hall–Kier alpha value is -4.40. The summed E-state index contributed by atoms with van der Waals surface area (Å²) in [5, 5.41) is 15.7. The van der Waals surface area contributed by atoms with Crippen LogP contribution in [-0.4, -0.2) is 42.2 Å². The van der Waals surface area contributed by atoms with Gasteiger partial charge < -0.3 is 29.4 Å². The number of rotatable bonds is 22. The van der Waals surface area contributed by atoms with Crippen LogP contribution < -0.4 is 5.32 Å². The van der Waals surface area contributed by atoms with Gasteiger partial charge in [-0.05, 0) is 34.2 Å². The SMILES string of the molecule is C=CCC(NCc1ccccc1)[C@H](OCc1ccccc1)[C@@H](OCc1ccccc1)[C@H](OCc1ccccc1)[C@H](O)COCc1ccccc1. The summed E-state index contributed by atoms with van der Waals surface area (Å²) in [7, 11) is 0. The van der Waals surface area contributed by atoms with Gasteiger partial charge in [0.1, 0.15) is 24.4 Å². The van der Waals surface area contributed by atoms with Gasteiger partial charge in [-0.3, -0.25) is 0 Å². The summed E-state index contributed by atoms with van der Waals surface area (Å²) in [6.45, 7) is 6.07. The van der Waals surface area contributed by atoms with E-state index in [0.717, 1.165) is 27.8 Å². The zero-order valence-electron chi connectivity index (χ0n) is 28.6. The minimum absolute atomic E-state index is 0.0501. The van der Waals surface area contributed by atoms with Crippen LogP contribution in [0.3, 0.4) is 0 Å². The van der Waals surface area contributed by atoms with E-state index in [1.165, 1.54) is 0 Å². The number of benzene rings is 5. The van der Waals surface area contributed by atoms with Crippen molar-refractivity contribution in [3.8, 4) is 0 Å². The molecule has 0 fully saturated rings. The molecule has 0 heterocycles. The molecule has 0 aliphatic carbocycles. The number of hydrogen-bond acceptors (Lipinski definition) is 6. The largest absolute Gasteiger partial charge is 0.388 e. The monoisotopic (exact) mass is 671 g/mol. The van der Waals surface area contributed by atoms with Crippen molar-refractivity contribution in [2.75, 3.05) is 6.61 Å². The summed E-state index contributed by atoms with van der Waals surface area (Å²) >= 11 is 0. The highest BCUT2D eigenvalue weighted by atomic mass is 16.6. The molecule has 0 saturated carbocycles. The van der Waals surface area contributed by atoms with Gasteiger partial charge in [0, 0.05) is 12.6 Å². The number of hydrogen-bond donors (Lipinski definition) is 2. The fraction of sp³-hybridized carbons (Fsp3) is 0.273. The second-order valence-electron chi connectivity index (χ2n) is 12.3. The molecule has 2 N–H and O–H groups in total. The Morgan fingerprint density at radius 1 is 0.500 bits per heavy atom. The third-order valence-electron chi connectivity index (χ3n) is 8.51. The van der Waals surface area contributed by atoms with Crippen LogP contribution >= 0.6 is 0 Å². The van der Waals surface area contributed by atoms with E-state index >= 15 is 0 Å². The second kappa shape index (κ2) is 21.0. The highest BCUT2D eigenvalue weighted by Crippen LogP contribution is 2.25. The molecule has 5 atom stereocenters. The van der Waals surface area contributed by atoms with Crippen molar-refractivity contribution in [2.45, 2.75) is 69.9 Å². The van der Waals surface area contributed by atoms with Gasteiger partial charge in [0.2, 0.25) is 0 Å². The van der Waals surface area contributed by atoms with Gasteiger partial charge in [-0.15, -0.1) is 6.58 Å². The summed E-state index contributed by atoms with van der Waals surface area (Å²) < 4.78 is 26.5. The van der Waals surface area contributed by atoms with E-state index in [4.69, 9.17) is 18.9 Å². The first kappa shape index (κ1) is 36.9. The van der Waals surface area contributed by atoms with Gasteiger partial charge in [-0.2, -0.15) is 0 Å². The van der Waals surface area contributed by atoms with Crippen molar-refractivity contribution < 1.29 is 24.1 Å². The zero-order chi connectivity index (χ0) is 34.6. The van der Waals surface area contributed by atoms with Gasteiger partial charge in [0.25, 0.3) is 0 Å². The molecule has 0 saturated heterocycles. The third-order valence-corrected chi connectivity index (χ3v) is 8.51. The van der Waals surface area contributed by atoms with Crippen molar-refractivity contribution in [3.05, 3.63) is 192 Å². The van der Waals surface area contributed by atoms with Crippen molar-refractivity contribution in [3.63, 3.8) is 0 Å².